The summed E-state index contributed by atoms with van der Waals surface area (Å²) in [5.74, 6) is -1.30. The maximum absolute atomic E-state index is 13.5. The predicted molar refractivity (Wildman–Crippen MR) is 61.8 cm³/mol. The lowest BCUT2D eigenvalue weighted by Crippen LogP contribution is -1.90. The minimum absolute atomic E-state index is 0.135. The van der Waals surface area contributed by atoms with Gasteiger partial charge in [-0.15, -0.1) is 0 Å². The van der Waals surface area contributed by atoms with E-state index in [2.05, 4.69) is 0 Å². The molecule has 0 aliphatic heterocycles. The van der Waals surface area contributed by atoms with Crippen LogP contribution in [0.1, 0.15) is 0 Å². The Morgan fingerprint density at radius 3 is 2.06 bits per heavy atom. The zero-order valence-corrected chi connectivity index (χ0v) is 9.49. The first-order valence-corrected chi connectivity index (χ1v) is 5.24. The number of rotatable bonds is 1. The molecule has 2 aromatic carbocycles. The average Bonchev–Trinajstić information content (AvgIpc) is 2.20. The van der Waals surface area contributed by atoms with Crippen LogP contribution in [0.4, 0.5) is 8.78 Å². The van der Waals surface area contributed by atoms with Gasteiger partial charge in [0.15, 0.2) is 0 Å². The van der Waals surface area contributed by atoms with Crippen molar-refractivity contribution in [2.24, 2.45) is 0 Å². The lowest BCUT2D eigenvalue weighted by Gasteiger charge is -2.07. The number of benzene rings is 2. The molecule has 4 heteroatoms. The van der Waals surface area contributed by atoms with Crippen molar-refractivity contribution in [2.45, 2.75) is 0 Å². The third-order valence-corrected chi connectivity index (χ3v) is 2.71. The van der Waals surface area contributed by atoms with Gasteiger partial charge in [0, 0.05) is 10.6 Å². The lowest BCUT2D eigenvalue weighted by molar-refractivity contribution is 0.589. The van der Waals surface area contributed by atoms with E-state index in [0.717, 1.165) is 0 Å². The van der Waals surface area contributed by atoms with Crippen LogP contribution in [0.3, 0.4) is 0 Å². The first-order chi connectivity index (χ1) is 7.59. The fourth-order valence-corrected chi connectivity index (χ4v) is 1.95. The van der Waals surface area contributed by atoms with E-state index < -0.39 is 11.6 Å². The van der Waals surface area contributed by atoms with Crippen molar-refractivity contribution in [1.82, 2.24) is 0 Å². The summed E-state index contributed by atoms with van der Waals surface area (Å²) in [5.41, 5.74) is 0.158. The molecule has 0 atom stereocenters. The second kappa shape index (κ2) is 4.40. The van der Waals surface area contributed by atoms with Gasteiger partial charge in [-0.25, -0.2) is 8.78 Å². The summed E-state index contributed by atoms with van der Waals surface area (Å²) in [6, 6.07) is 8.15. The van der Waals surface area contributed by atoms with E-state index in [9.17, 15) is 8.78 Å². The Morgan fingerprint density at radius 2 is 1.50 bits per heavy atom. The van der Waals surface area contributed by atoms with Crippen LogP contribution in [-0.4, -0.2) is 0 Å². The molecule has 0 radical (unpaired) electrons. The predicted octanol–water partition coefficient (Wildman–Crippen LogP) is 4.94. The molecule has 16 heavy (non-hydrogen) atoms. The zero-order valence-electron chi connectivity index (χ0n) is 7.98. The van der Waals surface area contributed by atoms with E-state index in [0.29, 0.717) is 10.6 Å². The van der Waals surface area contributed by atoms with Crippen LogP contribution in [0, 0.1) is 11.6 Å². The molecule has 0 aliphatic carbocycles. The molecule has 0 N–H and O–H groups in total. The fourth-order valence-electron chi connectivity index (χ4n) is 1.45. The summed E-state index contributed by atoms with van der Waals surface area (Å²) in [4.78, 5) is 0. The molecule has 0 fully saturated rings. The van der Waals surface area contributed by atoms with Gasteiger partial charge in [0.2, 0.25) is 0 Å². The van der Waals surface area contributed by atoms with Crippen molar-refractivity contribution in [3.63, 3.8) is 0 Å². The Morgan fingerprint density at radius 1 is 0.875 bits per heavy atom. The Hall–Kier alpha value is -1.12. The quantitative estimate of drug-likeness (QED) is 0.680. The number of hydrogen-bond acceptors (Lipinski definition) is 0. The minimum Gasteiger partial charge on any atom is -0.206 e. The Balaban J connectivity index is 2.68. The Kier molecular flexibility index (Phi) is 3.13. The highest BCUT2D eigenvalue weighted by molar-refractivity contribution is 6.36. The van der Waals surface area contributed by atoms with Crippen molar-refractivity contribution in [1.29, 1.82) is 0 Å². The topological polar surface area (TPSA) is 0 Å². The monoisotopic (exact) mass is 258 g/mol. The van der Waals surface area contributed by atoms with Crippen LogP contribution >= 0.6 is 23.2 Å². The van der Waals surface area contributed by atoms with Crippen molar-refractivity contribution in [3.05, 3.63) is 58.1 Å². The molecule has 0 nitrogen and oxygen atoms in total. The Bertz CT molecular complexity index is 518. The van der Waals surface area contributed by atoms with Crippen LogP contribution in [0.2, 0.25) is 10.0 Å². The van der Waals surface area contributed by atoms with E-state index in [1.165, 1.54) is 36.4 Å². The first kappa shape index (κ1) is 11.4. The van der Waals surface area contributed by atoms with Gasteiger partial charge in [-0.1, -0.05) is 35.3 Å². The highest BCUT2D eigenvalue weighted by Gasteiger charge is 2.13. The summed E-state index contributed by atoms with van der Waals surface area (Å²) in [6.45, 7) is 0. The number of halogens is 4. The van der Waals surface area contributed by atoms with Crippen LogP contribution in [0.5, 0.6) is 0 Å². The normalized spacial score (nSPS) is 10.5. The van der Waals surface area contributed by atoms with Gasteiger partial charge >= 0.3 is 0 Å². The van der Waals surface area contributed by atoms with Gasteiger partial charge in [-0.3, -0.25) is 0 Å². The van der Waals surface area contributed by atoms with Gasteiger partial charge < -0.3 is 0 Å². The van der Waals surface area contributed by atoms with Gasteiger partial charge in [0.05, 0.1) is 10.6 Å². The summed E-state index contributed by atoms with van der Waals surface area (Å²) in [7, 11) is 0. The molecule has 0 aliphatic rings. The molecule has 0 bridgehead atoms. The molecule has 82 valence electrons. The van der Waals surface area contributed by atoms with Crippen LogP contribution in [0.15, 0.2) is 36.4 Å². The van der Waals surface area contributed by atoms with Crippen molar-refractivity contribution in [2.75, 3.05) is 0 Å². The van der Waals surface area contributed by atoms with Gasteiger partial charge in [0.25, 0.3) is 0 Å². The van der Waals surface area contributed by atoms with Gasteiger partial charge in [-0.2, -0.15) is 0 Å². The van der Waals surface area contributed by atoms with Crippen molar-refractivity contribution < 1.29 is 8.78 Å². The van der Waals surface area contributed by atoms with Crippen LogP contribution in [-0.2, 0) is 0 Å². The fraction of sp³-hybridized carbons (Fsp3) is 0. The SMILES string of the molecule is Fc1cccc(F)c1-c1ccc(Cl)cc1Cl. The van der Waals surface area contributed by atoms with Gasteiger partial charge in [0.1, 0.15) is 11.6 Å². The molecule has 0 saturated heterocycles. The van der Waals surface area contributed by atoms with E-state index in [-0.39, 0.29) is 10.6 Å². The molecule has 2 aromatic rings. The maximum atomic E-state index is 13.5. The third-order valence-electron chi connectivity index (χ3n) is 2.16. The lowest BCUT2D eigenvalue weighted by atomic mass is 10.0. The highest BCUT2D eigenvalue weighted by atomic mass is 35.5. The second-order valence-corrected chi connectivity index (χ2v) is 4.06. The number of hydrogen-bond donors (Lipinski definition) is 0. The summed E-state index contributed by atoms with van der Waals surface area (Å²) < 4.78 is 27.0. The largest absolute Gasteiger partial charge is 0.206 e. The first-order valence-electron chi connectivity index (χ1n) is 4.49. The summed E-state index contributed by atoms with van der Waals surface area (Å²) in [6.07, 6.45) is 0. The van der Waals surface area contributed by atoms with Crippen LogP contribution in [0.25, 0.3) is 11.1 Å². The molecule has 0 amide bonds. The minimum atomic E-state index is -0.649. The van der Waals surface area contributed by atoms with Crippen LogP contribution < -0.4 is 0 Å². The molecule has 0 saturated carbocycles. The summed E-state index contributed by atoms with van der Waals surface area (Å²) >= 11 is 11.6. The van der Waals surface area contributed by atoms with E-state index in [4.69, 9.17) is 23.2 Å². The molecular weight excluding hydrogens is 253 g/mol. The van der Waals surface area contributed by atoms with Crippen molar-refractivity contribution >= 4 is 23.2 Å². The van der Waals surface area contributed by atoms with Crippen molar-refractivity contribution in [3.8, 4) is 11.1 Å². The highest BCUT2D eigenvalue weighted by Crippen LogP contribution is 2.33. The smallest absolute Gasteiger partial charge is 0.134 e. The molecule has 0 unspecified atom stereocenters. The molecule has 2 rings (SSSR count). The van der Waals surface area contributed by atoms with E-state index in [1.807, 2.05) is 0 Å². The second-order valence-electron chi connectivity index (χ2n) is 3.22. The third kappa shape index (κ3) is 2.04. The summed E-state index contributed by atoms with van der Waals surface area (Å²) in [5, 5.41) is 0.641. The molecule has 0 heterocycles. The standard InChI is InChI=1S/C12H6Cl2F2/c13-7-4-5-8(9(14)6-7)12-10(15)2-1-3-11(12)16/h1-6H. The molecule has 0 spiro atoms. The molecule has 0 aromatic heterocycles. The van der Waals surface area contributed by atoms with E-state index in [1.54, 1.807) is 0 Å². The Labute approximate surface area is 101 Å². The molecular formula is C12H6Cl2F2. The maximum Gasteiger partial charge on any atom is 0.134 e. The van der Waals surface area contributed by atoms with Gasteiger partial charge in [-0.05, 0) is 24.3 Å². The van der Waals surface area contributed by atoms with E-state index >= 15 is 0 Å². The average molecular weight is 259 g/mol. The zero-order chi connectivity index (χ0) is 11.7.